The van der Waals surface area contributed by atoms with Crippen molar-refractivity contribution in [2.75, 3.05) is 62.7 Å². The van der Waals surface area contributed by atoms with Crippen LogP contribution in [0.25, 0.3) is 10.3 Å². The maximum Gasteiger partial charge on any atom is 0.410 e. The van der Waals surface area contributed by atoms with Crippen molar-refractivity contribution in [1.82, 2.24) is 19.2 Å². The van der Waals surface area contributed by atoms with Crippen molar-refractivity contribution in [3.8, 4) is 0 Å². The molecule has 4 fully saturated rings. The second-order valence-electron chi connectivity index (χ2n) is 14.2. The van der Waals surface area contributed by atoms with Gasteiger partial charge in [-0.05, 0) is 62.9 Å². The van der Waals surface area contributed by atoms with E-state index in [1.165, 1.54) is 41.3 Å². The smallest absolute Gasteiger partial charge is 0.410 e. The lowest BCUT2D eigenvalue weighted by molar-refractivity contribution is 0.0192. The normalized spacial score (nSPS) is 23.4. The summed E-state index contributed by atoms with van der Waals surface area (Å²) in [5.74, 6) is 1.72. The lowest BCUT2D eigenvalue weighted by atomic mass is 9.85. The number of hydrogen-bond donors (Lipinski definition) is 1. The number of sulfonamides is 1. The molecule has 12 nitrogen and oxygen atoms in total. The van der Waals surface area contributed by atoms with E-state index >= 15 is 0 Å². The van der Waals surface area contributed by atoms with Crippen LogP contribution in [0, 0.1) is 5.92 Å². The Kier molecular flexibility index (Phi) is 9.55. The van der Waals surface area contributed by atoms with Crippen LogP contribution in [-0.2, 0) is 24.2 Å². The highest BCUT2D eigenvalue weighted by molar-refractivity contribution is 7.89. The van der Waals surface area contributed by atoms with Gasteiger partial charge in [0.25, 0.3) is 0 Å². The molecule has 0 bridgehead atoms. The summed E-state index contributed by atoms with van der Waals surface area (Å²) in [6.07, 6.45) is 5.35. The quantitative estimate of drug-likeness (QED) is 0.295. The van der Waals surface area contributed by atoms with Crippen LogP contribution in [0.3, 0.4) is 0 Å². The molecule has 1 saturated carbocycles. The van der Waals surface area contributed by atoms with Crippen molar-refractivity contribution in [2.24, 2.45) is 5.92 Å². The zero-order valence-electron chi connectivity index (χ0n) is 28.0. The molecule has 0 radical (unpaired) electrons. The Hall–Kier alpha value is -3.04. The lowest BCUT2D eigenvalue weighted by Crippen LogP contribution is -2.51. The van der Waals surface area contributed by atoms with Crippen LogP contribution in [0.2, 0.25) is 0 Å². The Morgan fingerprint density at radius 1 is 1.00 bits per heavy atom. The average molecular weight is 699 g/mol. The Labute approximate surface area is 286 Å². The van der Waals surface area contributed by atoms with E-state index in [-0.39, 0.29) is 36.2 Å². The van der Waals surface area contributed by atoms with E-state index in [2.05, 4.69) is 10.2 Å². The van der Waals surface area contributed by atoms with Gasteiger partial charge in [0.2, 0.25) is 10.0 Å². The Bertz CT molecular complexity index is 1690. The van der Waals surface area contributed by atoms with Crippen molar-refractivity contribution in [3.63, 3.8) is 0 Å². The molecule has 2 aromatic heterocycles. The van der Waals surface area contributed by atoms with E-state index in [4.69, 9.17) is 24.2 Å². The van der Waals surface area contributed by atoms with Crippen LogP contribution in [0.15, 0.2) is 41.3 Å². The standard InChI is InChI=1S/C34H46N6O6S2/c1-34(2,3)46-33(41)39-14-16-40(17-15-39)48(42,43)25-10-8-24(9-11-25)26(22-23-6-4-5-7-23)29-30(45-29)37-32-35-27-12-13-28(36-31(27)47-32)38-18-20-44-21-19-38/h8-13,23,26,29-30H,4-7,14-22H2,1-3H3,(H,35,37). The molecule has 1 aliphatic carbocycles. The van der Waals surface area contributed by atoms with Crippen LogP contribution < -0.4 is 10.2 Å². The number of hydrogen-bond acceptors (Lipinski definition) is 11. The molecule has 3 saturated heterocycles. The molecule has 0 spiro atoms. The number of thiazole rings is 1. The summed E-state index contributed by atoms with van der Waals surface area (Å²) in [6.45, 7) is 9.61. The zero-order valence-corrected chi connectivity index (χ0v) is 29.6. The number of ether oxygens (including phenoxy) is 3. The van der Waals surface area contributed by atoms with Gasteiger partial charge in [0.1, 0.15) is 27.9 Å². The Morgan fingerprint density at radius 3 is 2.40 bits per heavy atom. The second kappa shape index (κ2) is 13.7. The summed E-state index contributed by atoms with van der Waals surface area (Å²) in [5.41, 5.74) is 1.35. The molecule has 260 valence electrons. The number of nitrogens with zero attached hydrogens (tertiary/aromatic N) is 5. The minimum atomic E-state index is -3.70. The van der Waals surface area contributed by atoms with Gasteiger partial charge in [-0.2, -0.15) is 4.31 Å². The minimum Gasteiger partial charge on any atom is -0.444 e. The van der Waals surface area contributed by atoms with Gasteiger partial charge < -0.3 is 29.3 Å². The summed E-state index contributed by atoms with van der Waals surface area (Å²) in [4.78, 5) is 27.1. The number of nitrogens with one attached hydrogen (secondary N) is 1. The molecule has 48 heavy (non-hydrogen) atoms. The van der Waals surface area contributed by atoms with Crippen LogP contribution in [-0.4, -0.2) is 104 Å². The number of fused-ring (bicyclic) bond motifs is 1. The molecule has 3 unspecified atom stereocenters. The average Bonchev–Trinajstić information content (AvgIpc) is 3.42. The van der Waals surface area contributed by atoms with Crippen molar-refractivity contribution in [3.05, 3.63) is 42.0 Å². The van der Waals surface area contributed by atoms with Crippen molar-refractivity contribution in [2.45, 2.75) is 81.6 Å². The van der Waals surface area contributed by atoms with Crippen molar-refractivity contribution < 1.29 is 27.4 Å². The fraction of sp³-hybridized carbons (Fsp3) is 0.618. The van der Waals surface area contributed by atoms with Gasteiger partial charge in [-0.1, -0.05) is 49.2 Å². The van der Waals surface area contributed by atoms with Gasteiger partial charge in [0.15, 0.2) is 11.4 Å². The molecule has 14 heteroatoms. The third-order valence-electron chi connectivity index (χ3n) is 9.66. The first-order chi connectivity index (χ1) is 23.0. The largest absolute Gasteiger partial charge is 0.444 e. The molecular formula is C34H46N6O6S2. The van der Waals surface area contributed by atoms with E-state index in [0.29, 0.717) is 32.2 Å². The van der Waals surface area contributed by atoms with Crippen molar-refractivity contribution >= 4 is 48.7 Å². The number of aromatic nitrogens is 2. The van der Waals surface area contributed by atoms with Gasteiger partial charge >= 0.3 is 6.09 Å². The fourth-order valence-corrected chi connectivity index (χ4v) is 9.33. The van der Waals surface area contributed by atoms with Gasteiger partial charge in [-0.25, -0.2) is 23.2 Å². The predicted molar refractivity (Wildman–Crippen MR) is 185 cm³/mol. The lowest BCUT2D eigenvalue weighted by Gasteiger charge is -2.35. The predicted octanol–water partition coefficient (Wildman–Crippen LogP) is 5.27. The first kappa shape index (κ1) is 33.5. The highest BCUT2D eigenvalue weighted by Gasteiger charge is 2.47. The topological polar surface area (TPSA) is 130 Å². The highest BCUT2D eigenvalue weighted by Crippen LogP contribution is 2.44. The monoisotopic (exact) mass is 698 g/mol. The second-order valence-corrected chi connectivity index (χ2v) is 17.1. The first-order valence-electron chi connectivity index (χ1n) is 17.1. The van der Waals surface area contributed by atoms with Crippen LogP contribution in [0.4, 0.5) is 15.7 Å². The molecular weight excluding hydrogens is 653 g/mol. The van der Waals surface area contributed by atoms with E-state index in [0.717, 1.165) is 46.4 Å². The Morgan fingerprint density at radius 2 is 1.71 bits per heavy atom. The number of anilines is 2. The third kappa shape index (κ3) is 7.57. The van der Waals surface area contributed by atoms with Gasteiger partial charge in [-0.15, -0.1) is 0 Å². The molecule has 3 aromatic rings. The summed E-state index contributed by atoms with van der Waals surface area (Å²) in [7, 11) is -3.70. The van der Waals surface area contributed by atoms with E-state index in [1.807, 2.05) is 45.0 Å². The molecule has 3 atom stereocenters. The third-order valence-corrected chi connectivity index (χ3v) is 12.5. The number of amides is 1. The van der Waals surface area contributed by atoms with Crippen LogP contribution >= 0.6 is 11.3 Å². The number of piperazine rings is 1. The van der Waals surface area contributed by atoms with E-state index < -0.39 is 21.7 Å². The van der Waals surface area contributed by atoms with Crippen LogP contribution in [0.5, 0.6) is 0 Å². The molecule has 3 aliphatic heterocycles. The minimum absolute atomic E-state index is 0.0297. The zero-order chi connectivity index (χ0) is 33.5. The van der Waals surface area contributed by atoms with E-state index in [1.54, 1.807) is 17.0 Å². The number of carbonyl (C=O) groups is 1. The molecule has 7 rings (SSSR count). The van der Waals surface area contributed by atoms with Crippen molar-refractivity contribution in [1.29, 1.82) is 0 Å². The summed E-state index contributed by atoms with van der Waals surface area (Å²) in [5, 5.41) is 4.29. The molecule has 1 amide bonds. The van der Waals surface area contributed by atoms with Gasteiger partial charge in [-0.3, -0.25) is 0 Å². The molecule has 1 aromatic carbocycles. The van der Waals surface area contributed by atoms with Gasteiger partial charge in [0, 0.05) is 45.2 Å². The van der Waals surface area contributed by atoms with E-state index in [9.17, 15) is 13.2 Å². The molecule has 4 aliphatic rings. The summed E-state index contributed by atoms with van der Waals surface area (Å²) in [6, 6.07) is 11.4. The molecule has 1 N–H and O–H groups in total. The number of benzene rings is 1. The fourth-order valence-electron chi connectivity index (χ4n) is 7.04. The van der Waals surface area contributed by atoms with Crippen LogP contribution in [0.1, 0.15) is 64.4 Å². The van der Waals surface area contributed by atoms with Gasteiger partial charge in [0.05, 0.1) is 18.1 Å². The first-order valence-corrected chi connectivity index (χ1v) is 19.4. The number of morpholine rings is 1. The SMILES string of the molecule is CC(C)(C)OC(=O)N1CCN(S(=O)(=O)c2ccc(C(CC3CCCC3)C3OC3Nc3nc4ccc(N5CCOCC5)nc4s3)cc2)CC1. The molecule has 5 heterocycles. The number of rotatable bonds is 9. The number of pyridine rings is 1. The number of epoxide rings is 1. The Balaban J connectivity index is 1.01. The maximum atomic E-state index is 13.6. The summed E-state index contributed by atoms with van der Waals surface area (Å²) >= 11 is 1.54. The highest BCUT2D eigenvalue weighted by atomic mass is 32.2. The number of carbonyl (C=O) groups excluding carboxylic acids is 1. The maximum absolute atomic E-state index is 13.6. The summed E-state index contributed by atoms with van der Waals surface area (Å²) < 4.78 is 45.8.